The number of carbonyl (C=O) groups is 2. The van der Waals surface area contributed by atoms with Crippen molar-refractivity contribution in [2.45, 2.75) is 26.2 Å². The number of hydrogen-bond donors (Lipinski definition) is 1. The molecule has 0 bridgehead atoms. The number of nitrogens with zero attached hydrogens (tertiary/aromatic N) is 1. The van der Waals surface area contributed by atoms with E-state index in [0.29, 0.717) is 28.5 Å². The quantitative estimate of drug-likeness (QED) is 0.635. The molecule has 4 nitrogen and oxygen atoms in total. The molecule has 3 rings (SSSR count). The maximum Gasteiger partial charge on any atom is 0.253 e. The number of thioether (sulfide) groups is 1. The van der Waals surface area contributed by atoms with E-state index in [-0.39, 0.29) is 11.8 Å². The van der Waals surface area contributed by atoms with Gasteiger partial charge in [-0.3, -0.25) is 9.59 Å². The third kappa shape index (κ3) is 6.14. The first-order valence-corrected chi connectivity index (χ1v) is 11.6. The average Bonchev–Trinajstić information content (AvgIpc) is 2.72. The molecule has 2 amide bonds. The number of halogens is 2. The van der Waals surface area contributed by atoms with Crippen molar-refractivity contribution in [2.24, 2.45) is 0 Å². The second-order valence-corrected chi connectivity index (χ2v) is 9.12. The first kappa shape index (κ1) is 22.0. The molecule has 1 saturated heterocycles. The van der Waals surface area contributed by atoms with Gasteiger partial charge < -0.3 is 10.2 Å². The summed E-state index contributed by atoms with van der Waals surface area (Å²) in [6, 6.07) is 11.0. The fraction of sp³-hybridized carbons (Fsp3) is 0.364. The van der Waals surface area contributed by atoms with Crippen LogP contribution in [0.2, 0.25) is 10.0 Å². The summed E-state index contributed by atoms with van der Waals surface area (Å²) >= 11 is 13.8. The van der Waals surface area contributed by atoms with Crippen LogP contribution in [0.5, 0.6) is 0 Å². The number of benzene rings is 2. The number of carbonyl (C=O) groups excluding carboxylic acids is 2. The van der Waals surface area contributed by atoms with E-state index < -0.39 is 0 Å². The van der Waals surface area contributed by atoms with Gasteiger partial charge in [0.1, 0.15) is 0 Å². The summed E-state index contributed by atoms with van der Waals surface area (Å²) in [6.07, 6.45) is 1.88. The summed E-state index contributed by atoms with van der Waals surface area (Å²) in [5, 5.41) is 4.01. The lowest BCUT2D eigenvalue weighted by atomic mass is 10.1. The first-order valence-electron chi connectivity index (χ1n) is 9.65. The lowest BCUT2D eigenvalue weighted by molar-refractivity contribution is -0.116. The van der Waals surface area contributed by atoms with Gasteiger partial charge in [-0.25, -0.2) is 0 Å². The minimum Gasteiger partial charge on any atom is -0.337 e. The first-order chi connectivity index (χ1) is 13.9. The zero-order valence-corrected chi connectivity index (χ0v) is 18.7. The Hall–Kier alpha value is -1.69. The monoisotopic (exact) mass is 450 g/mol. The number of anilines is 1. The van der Waals surface area contributed by atoms with Gasteiger partial charge in [0.15, 0.2) is 0 Å². The SMILES string of the molecule is Cc1cc(C(=O)N2CCSCC2)ccc1NC(=O)CCCc1ccc(Cl)c(Cl)c1. The Kier molecular flexibility index (Phi) is 7.87. The largest absolute Gasteiger partial charge is 0.337 e. The molecule has 1 heterocycles. The zero-order chi connectivity index (χ0) is 20.8. The molecule has 1 fully saturated rings. The van der Waals surface area contributed by atoms with Crippen LogP contribution in [0, 0.1) is 6.92 Å². The van der Waals surface area contributed by atoms with Gasteiger partial charge in [0.25, 0.3) is 5.91 Å². The van der Waals surface area contributed by atoms with Crippen molar-refractivity contribution in [3.8, 4) is 0 Å². The molecule has 0 aromatic heterocycles. The van der Waals surface area contributed by atoms with Gasteiger partial charge in [-0.2, -0.15) is 11.8 Å². The molecule has 7 heteroatoms. The minimum atomic E-state index is -0.0414. The van der Waals surface area contributed by atoms with Crippen LogP contribution in [0.3, 0.4) is 0 Å². The molecule has 0 radical (unpaired) electrons. The highest BCUT2D eigenvalue weighted by atomic mass is 35.5. The Morgan fingerprint density at radius 1 is 1.07 bits per heavy atom. The molecule has 0 saturated carbocycles. The number of rotatable bonds is 6. The van der Waals surface area contributed by atoms with Crippen LogP contribution < -0.4 is 5.32 Å². The van der Waals surface area contributed by atoms with Crippen molar-refractivity contribution in [1.29, 1.82) is 0 Å². The van der Waals surface area contributed by atoms with Crippen molar-refractivity contribution >= 4 is 52.5 Å². The molecule has 2 aromatic carbocycles. The summed E-state index contributed by atoms with van der Waals surface area (Å²) < 4.78 is 0. The summed E-state index contributed by atoms with van der Waals surface area (Å²) in [4.78, 5) is 26.8. The molecule has 0 spiro atoms. The van der Waals surface area contributed by atoms with Gasteiger partial charge >= 0.3 is 0 Å². The second kappa shape index (κ2) is 10.4. The van der Waals surface area contributed by atoms with Crippen LogP contribution >= 0.6 is 35.0 Å². The maximum atomic E-state index is 12.6. The van der Waals surface area contributed by atoms with Crippen molar-refractivity contribution in [3.63, 3.8) is 0 Å². The predicted octanol–water partition coefficient (Wildman–Crippen LogP) is 5.45. The Morgan fingerprint density at radius 2 is 1.83 bits per heavy atom. The second-order valence-electron chi connectivity index (χ2n) is 7.08. The van der Waals surface area contributed by atoms with Crippen LogP contribution in [0.4, 0.5) is 5.69 Å². The van der Waals surface area contributed by atoms with Crippen molar-refractivity contribution in [3.05, 3.63) is 63.1 Å². The summed E-state index contributed by atoms with van der Waals surface area (Å²) in [6.45, 7) is 3.49. The third-order valence-electron chi connectivity index (χ3n) is 4.90. The summed E-state index contributed by atoms with van der Waals surface area (Å²) in [5.41, 5.74) is 3.37. The minimum absolute atomic E-state index is 0.0414. The van der Waals surface area contributed by atoms with Gasteiger partial charge in [0.2, 0.25) is 5.91 Å². The number of amides is 2. The van der Waals surface area contributed by atoms with Crippen molar-refractivity contribution in [1.82, 2.24) is 4.90 Å². The van der Waals surface area contributed by atoms with E-state index in [2.05, 4.69) is 5.32 Å². The van der Waals surface area contributed by atoms with Crippen LogP contribution in [0.1, 0.15) is 34.3 Å². The maximum absolute atomic E-state index is 12.6. The van der Waals surface area contributed by atoms with E-state index >= 15 is 0 Å². The van der Waals surface area contributed by atoms with Crippen LogP contribution in [-0.4, -0.2) is 41.3 Å². The van der Waals surface area contributed by atoms with Gasteiger partial charge in [0.05, 0.1) is 10.0 Å². The Labute approximate surface area is 185 Å². The molecule has 2 aromatic rings. The molecule has 1 N–H and O–H groups in total. The topological polar surface area (TPSA) is 49.4 Å². The smallest absolute Gasteiger partial charge is 0.253 e. The van der Waals surface area contributed by atoms with Crippen LogP contribution in [0.15, 0.2) is 36.4 Å². The van der Waals surface area contributed by atoms with Gasteiger partial charge in [-0.1, -0.05) is 29.3 Å². The molecule has 1 aliphatic heterocycles. The Morgan fingerprint density at radius 3 is 2.52 bits per heavy atom. The number of nitrogens with one attached hydrogen (secondary N) is 1. The number of hydrogen-bond acceptors (Lipinski definition) is 3. The average molecular weight is 451 g/mol. The van der Waals surface area contributed by atoms with E-state index in [0.717, 1.165) is 47.8 Å². The fourth-order valence-corrected chi connectivity index (χ4v) is 4.47. The highest BCUT2D eigenvalue weighted by molar-refractivity contribution is 7.99. The standard InChI is InChI=1S/C22H24Cl2N2O2S/c1-15-13-17(22(28)26-9-11-29-12-10-26)6-8-20(15)25-21(27)4-2-3-16-5-7-18(23)19(24)14-16/h5-8,13-14H,2-4,9-12H2,1H3,(H,25,27). The zero-order valence-electron chi connectivity index (χ0n) is 16.3. The van der Waals surface area contributed by atoms with E-state index in [1.54, 1.807) is 12.1 Å². The normalized spacial score (nSPS) is 14.0. The molecule has 0 atom stereocenters. The Balaban J connectivity index is 1.52. The summed E-state index contributed by atoms with van der Waals surface area (Å²) in [5.74, 6) is 2.00. The molecule has 154 valence electrons. The number of aryl methyl sites for hydroxylation is 2. The van der Waals surface area contributed by atoms with E-state index in [1.165, 1.54) is 0 Å². The molecule has 0 aliphatic carbocycles. The van der Waals surface area contributed by atoms with Gasteiger partial charge in [-0.15, -0.1) is 0 Å². The molecular formula is C22H24Cl2N2O2S. The predicted molar refractivity (Wildman–Crippen MR) is 122 cm³/mol. The fourth-order valence-electron chi connectivity index (χ4n) is 3.25. The molecule has 1 aliphatic rings. The van der Waals surface area contributed by atoms with Gasteiger partial charge in [-0.05, 0) is 61.2 Å². The highest BCUT2D eigenvalue weighted by Gasteiger charge is 2.19. The van der Waals surface area contributed by atoms with Crippen molar-refractivity contribution in [2.75, 3.05) is 29.9 Å². The van der Waals surface area contributed by atoms with E-state index in [9.17, 15) is 9.59 Å². The lowest BCUT2D eigenvalue weighted by Gasteiger charge is -2.26. The van der Waals surface area contributed by atoms with Crippen molar-refractivity contribution < 1.29 is 9.59 Å². The Bertz CT molecular complexity index is 898. The molecule has 29 heavy (non-hydrogen) atoms. The van der Waals surface area contributed by atoms with Gasteiger partial charge in [0, 0.05) is 42.3 Å². The summed E-state index contributed by atoms with van der Waals surface area (Å²) in [7, 11) is 0. The van der Waals surface area contributed by atoms with Crippen LogP contribution in [0.25, 0.3) is 0 Å². The van der Waals surface area contributed by atoms with E-state index in [1.807, 2.05) is 47.9 Å². The van der Waals surface area contributed by atoms with E-state index in [4.69, 9.17) is 23.2 Å². The third-order valence-corrected chi connectivity index (χ3v) is 6.58. The lowest BCUT2D eigenvalue weighted by Crippen LogP contribution is -2.37. The van der Waals surface area contributed by atoms with Crippen LogP contribution in [-0.2, 0) is 11.2 Å². The molecular weight excluding hydrogens is 427 g/mol. The molecule has 0 unspecified atom stereocenters. The highest BCUT2D eigenvalue weighted by Crippen LogP contribution is 2.24.